The molecule has 2 aromatic carbocycles. The van der Waals surface area contributed by atoms with E-state index in [9.17, 15) is 9.18 Å². The number of carbonyl (C=O) groups is 1. The number of methoxy groups -OCH3 is 1. The van der Waals surface area contributed by atoms with Gasteiger partial charge in [0.15, 0.2) is 12.3 Å². The number of hydrogen-bond acceptors (Lipinski definition) is 7. The quantitative estimate of drug-likeness (QED) is 0.463. The van der Waals surface area contributed by atoms with Crippen molar-refractivity contribution >= 4 is 5.97 Å². The first-order valence-electron chi connectivity index (χ1n) is 8.57. The molecule has 0 amide bonds. The summed E-state index contributed by atoms with van der Waals surface area (Å²) in [5, 5.41) is 3.90. The van der Waals surface area contributed by atoms with Crippen LogP contribution in [0, 0.1) is 5.82 Å². The molecule has 0 saturated heterocycles. The molecule has 0 unspecified atom stereocenters. The van der Waals surface area contributed by atoms with Gasteiger partial charge in [-0.25, -0.2) is 14.2 Å². The van der Waals surface area contributed by atoms with E-state index in [0.717, 1.165) is 0 Å². The standard InChI is InChI=1S/C20H15FN4O4/c1-27-17-5-3-2-4-15(17)19-23-18(29-24-19)11-28-20(26)16-10-22-12-25(16)14-8-6-13(21)7-9-14/h2-10,12H,11H2,1H3. The van der Waals surface area contributed by atoms with E-state index in [-0.39, 0.29) is 24.0 Å². The predicted octanol–water partition coefficient (Wildman–Crippen LogP) is 3.43. The zero-order valence-corrected chi connectivity index (χ0v) is 15.3. The van der Waals surface area contributed by atoms with Crippen LogP contribution in [0.3, 0.4) is 0 Å². The maximum atomic E-state index is 13.1. The lowest BCUT2D eigenvalue weighted by Crippen LogP contribution is -2.11. The molecule has 0 fully saturated rings. The molecule has 0 radical (unpaired) electrons. The normalized spacial score (nSPS) is 10.7. The van der Waals surface area contributed by atoms with Crippen molar-refractivity contribution < 1.29 is 23.2 Å². The molecule has 0 spiro atoms. The molecular formula is C20H15FN4O4. The van der Waals surface area contributed by atoms with E-state index in [2.05, 4.69) is 15.1 Å². The van der Waals surface area contributed by atoms with Crippen molar-refractivity contribution in [2.45, 2.75) is 6.61 Å². The zero-order chi connectivity index (χ0) is 20.2. The number of carbonyl (C=O) groups excluding carboxylic acids is 1. The van der Waals surface area contributed by atoms with Crippen LogP contribution < -0.4 is 4.74 Å². The fraction of sp³-hybridized carbons (Fsp3) is 0.100. The first-order chi connectivity index (χ1) is 14.2. The number of ether oxygens (including phenoxy) is 2. The van der Waals surface area contributed by atoms with Crippen LogP contribution in [-0.4, -0.2) is 32.8 Å². The summed E-state index contributed by atoms with van der Waals surface area (Å²) < 4.78 is 30.3. The Morgan fingerprint density at radius 3 is 2.76 bits per heavy atom. The topological polar surface area (TPSA) is 92.3 Å². The summed E-state index contributed by atoms with van der Waals surface area (Å²) in [6.07, 6.45) is 2.80. The third-order valence-electron chi connectivity index (χ3n) is 4.10. The summed E-state index contributed by atoms with van der Waals surface area (Å²) in [5.41, 5.74) is 1.42. The maximum Gasteiger partial charge on any atom is 0.357 e. The van der Waals surface area contributed by atoms with Crippen molar-refractivity contribution in [2.24, 2.45) is 0 Å². The SMILES string of the molecule is COc1ccccc1-c1noc(COC(=O)c2cncn2-c2ccc(F)cc2)n1. The lowest BCUT2D eigenvalue weighted by molar-refractivity contribution is 0.0420. The first kappa shape index (κ1) is 18.4. The van der Waals surface area contributed by atoms with Gasteiger partial charge >= 0.3 is 5.97 Å². The average Bonchev–Trinajstić information content (AvgIpc) is 3.42. The molecule has 9 heteroatoms. The molecule has 2 heterocycles. The number of rotatable bonds is 6. The Kier molecular flexibility index (Phi) is 5.02. The molecule has 0 aliphatic carbocycles. The molecule has 0 aliphatic rings. The Hall–Kier alpha value is -4.01. The highest BCUT2D eigenvalue weighted by molar-refractivity contribution is 5.88. The molecule has 0 aliphatic heterocycles. The summed E-state index contributed by atoms with van der Waals surface area (Å²) in [5.74, 6) is 0.0427. The van der Waals surface area contributed by atoms with E-state index in [1.165, 1.54) is 41.4 Å². The molecule has 0 atom stereocenters. The molecule has 0 bridgehead atoms. The molecule has 29 heavy (non-hydrogen) atoms. The average molecular weight is 394 g/mol. The Labute approximate surface area is 164 Å². The number of hydrogen-bond donors (Lipinski definition) is 0. The second-order valence-corrected chi connectivity index (χ2v) is 5.91. The minimum absolute atomic E-state index is 0.132. The minimum Gasteiger partial charge on any atom is -0.496 e. The van der Waals surface area contributed by atoms with Crippen molar-refractivity contribution in [3.05, 3.63) is 78.5 Å². The summed E-state index contributed by atoms with van der Waals surface area (Å²) in [7, 11) is 1.55. The van der Waals surface area contributed by atoms with Gasteiger partial charge < -0.3 is 14.0 Å². The molecule has 146 valence electrons. The van der Waals surface area contributed by atoms with Gasteiger partial charge in [0.05, 0.1) is 25.2 Å². The third-order valence-corrected chi connectivity index (χ3v) is 4.10. The van der Waals surface area contributed by atoms with Crippen molar-refractivity contribution in [1.29, 1.82) is 0 Å². The Morgan fingerprint density at radius 2 is 1.97 bits per heavy atom. The highest BCUT2D eigenvalue weighted by Crippen LogP contribution is 2.27. The van der Waals surface area contributed by atoms with Gasteiger partial charge in [0.1, 0.15) is 11.6 Å². The van der Waals surface area contributed by atoms with Gasteiger partial charge in [-0.2, -0.15) is 4.98 Å². The number of aromatic nitrogens is 4. The van der Waals surface area contributed by atoms with Crippen LogP contribution in [-0.2, 0) is 11.3 Å². The van der Waals surface area contributed by atoms with Crippen molar-refractivity contribution in [3.63, 3.8) is 0 Å². The van der Waals surface area contributed by atoms with E-state index < -0.39 is 5.97 Å². The number of nitrogens with zero attached hydrogens (tertiary/aromatic N) is 4. The second kappa shape index (κ2) is 7.93. The van der Waals surface area contributed by atoms with Gasteiger partial charge in [-0.1, -0.05) is 17.3 Å². The van der Waals surface area contributed by atoms with Crippen LogP contribution >= 0.6 is 0 Å². The smallest absolute Gasteiger partial charge is 0.357 e. The third kappa shape index (κ3) is 3.84. The van der Waals surface area contributed by atoms with E-state index in [0.29, 0.717) is 22.8 Å². The van der Waals surface area contributed by atoms with E-state index >= 15 is 0 Å². The largest absolute Gasteiger partial charge is 0.496 e. The second-order valence-electron chi connectivity index (χ2n) is 5.91. The fourth-order valence-electron chi connectivity index (χ4n) is 2.71. The molecule has 8 nitrogen and oxygen atoms in total. The molecule has 2 aromatic heterocycles. The number of benzene rings is 2. The van der Waals surface area contributed by atoms with Crippen LogP contribution in [0.2, 0.25) is 0 Å². The number of esters is 1. The molecular weight excluding hydrogens is 379 g/mol. The van der Waals surface area contributed by atoms with Crippen LogP contribution in [0.15, 0.2) is 65.6 Å². The van der Waals surface area contributed by atoms with Crippen LogP contribution in [0.5, 0.6) is 5.75 Å². The van der Waals surface area contributed by atoms with Gasteiger partial charge in [-0.15, -0.1) is 0 Å². The summed E-state index contributed by atoms with van der Waals surface area (Å²) >= 11 is 0. The van der Waals surface area contributed by atoms with Gasteiger partial charge in [0.2, 0.25) is 5.82 Å². The van der Waals surface area contributed by atoms with Gasteiger partial charge in [0, 0.05) is 5.69 Å². The molecule has 0 saturated carbocycles. The van der Waals surface area contributed by atoms with E-state index in [4.69, 9.17) is 14.0 Å². The summed E-state index contributed by atoms with van der Waals surface area (Å²) in [6.45, 7) is -0.213. The summed E-state index contributed by atoms with van der Waals surface area (Å²) in [4.78, 5) is 20.6. The van der Waals surface area contributed by atoms with Crippen LogP contribution in [0.1, 0.15) is 16.4 Å². The maximum absolute atomic E-state index is 13.1. The molecule has 4 rings (SSSR count). The highest BCUT2D eigenvalue weighted by Gasteiger charge is 2.18. The lowest BCUT2D eigenvalue weighted by atomic mass is 10.2. The number of imidazole rings is 1. The Morgan fingerprint density at radius 1 is 1.17 bits per heavy atom. The fourth-order valence-corrected chi connectivity index (χ4v) is 2.71. The van der Waals surface area contributed by atoms with Crippen LogP contribution in [0.4, 0.5) is 4.39 Å². The van der Waals surface area contributed by atoms with Gasteiger partial charge in [-0.3, -0.25) is 4.57 Å². The predicted molar refractivity (Wildman–Crippen MR) is 98.9 cm³/mol. The van der Waals surface area contributed by atoms with Gasteiger partial charge in [0.25, 0.3) is 5.89 Å². The van der Waals surface area contributed by atoms with Crippen molar-refractivity contribution in [1.82, 2.24) is 19.7 Å². The molecule has 0 N–H and O–H groups in total. The van der Waals surface area contributed by atoms with Gasteiger partial charge in [-0.05, 0) is 36.4 Å². The van der Waals surface area contributed by atoms with Crippen LogP contribution in [0.25, 0.3) is 17.1 Å². The van der Waals surface area contributed by atoms with Crippen molar-refractivity contribution in [3.8, 4) is 22.8 Å². The highest BCUT2D eigenvalue weighted by atomic mass is 19.1. The monoisotopic (exact) mass is 394 g/mol. The lowest BCUT2D eigenvalue weighted by Gasteiger charge is -2.07. The minimum atomic E-state index is -0.635. The Bertz CT molecular complexity index is 1140. The molecule has 4 aromatic rings. The van der Waals surface area contributed by atoms with Crippen molar-refractivity contribution in [2.75, 3.05) is 7.11 Å². The Balaban J connectivity index is 1.47. The first-order valence-corrected chi connectivity index (χ1v) is 8.57. The summed E-state index contributed by atoms with van der Waals surface area (Å²) in [6, 6.07) is 12.9. The van der Waals surface area contributed by atoms with E-state index in [1.54, 1.807) is 19.2 Å². The van der Waals surface area contributed by atoms with E-state index in [1.807, 2.05) is 12.1 Å². The zero-order valence-electron chi connectivity index (χ0n) is 15.3. The number of para-hydroxylation sites is 1. The number of halogens is 1.